The number of benzene rings is 2. The predicted molar refractivity (Wildman–Crippen MR) is 95.9 cm³/mol. The first-order valence-electron chi connectivity index (χ1n) is 7.75. The molecule has 25 heavy (non-hydrogen) atoms. The number of sulfone groups is 1. The van der Waals surface area contributed by atoms with E-state index in [-0.39, 0.29) is 29.4 Å². The van der Waals surface area contributed by atoms with Crippen LogP contribution in [0.5, 0.6) is 11.5 Å². The molecule has 1 N–H and O–H groups in total. The summed E-state index contributed by atoms with van der Waals surface area (Å²) >= 11 is 0. The molecule has 0 heterocycles. The van der Waals surface area contributed by atoms with Crippen LogP contribution in [0.15, 0.2) is 53.4 Å². The third-order valence-electron chi connectivity index (χ3n) is 3.59. The summed E-state index contributed by atoms with van der Waals surface area (Å²) in [5.74, 6) is 0.903. The van der Waals surface area contributed by atoms with E-state index in [0.29, 0.717) is 17.2 Å². The molecule has 0 bridgehead atoms. The number of nitrogens with one attached hydrogen (secondary N) is 1. The molecule has 2 rings (SSSR count). The van der Waals surface area contributed by atoms with Crippen LogP contribution < -0.4 is 14.8 Å². The van der Waals surface area contributed by atoms with Gasteiger partial charge in [0.25, 0.3) is 0 Å². The Labute approximate surface area is 147 Å². The lowest BCUT2D eigenvalue weighted by molar-refractivity contribution is -0.116. The highest BCUT2D eigenvalue weighted by molar-refractivity contribution is 7.91. The molecule has 2 aromatic carbocycles. The third-order valence-corrected chi connectivity index (χ3v) is 5.41. The number of carbonyl (C=O) groups excluding carboxylic acids is 1. The summed E-state index contributed by atoms with van der Waals surface area (Å²) in [5, 5.41) is 2.73. The Balaban J connectivity index is 1.86. The summed E-state index contributed by atoms with van der Waals surface area (Å²) in [6.45, 7) is 0. The molecule has 0 aliphatic heterocycles. The lowest BCUT2D eigenvalue weighted by Gasteiger charge is -2.08. The summed E-state index contributed by atoms with van der Waals surface area (Å²) in [6, 6.07) is 13.2. The maximum atomic E-state index is 12.3. The van der Waals surface area contributed by atoms with Gasteiger partial charge in [0.1, 0.15) is 11.5 Å². The van der Waals surface area contributed by atoms with Gasteiger partial charge in [-0.2, -0.15) is 0 Å². The van der Waals surface area contributed by atoms with Crippen LogP contribution in [0.1, 0.15) is 12.8 Å². The van der Waals surface area contributed by atoms with E-state index in [1.165, 1.54) is 19.2 Å². The highest BCUT2D eigenvalue weighted by atomic mass is 32.2. The number of ether oxygens (including phenoxy) is 2. The van der Waals surface area contributed by atoms with Crippen molar-refractivity contribution in [1.82, 2.24) is 0 Å². The van der Waals surface area contributed by atoms with Gasteiger partial charge in [-0.15, -0.1) is 0 Å². The smallest absolute Gasteiger partial charge is 0.224 e. The van der Waals surface area contributed by atoms with E-state index in [1.54, 1.807) is 43.5 Å². The van der Waals surface area contributed by atoms with Gasteiger partial charge in [-0.1, -0.05) is 6.07 Å². The zero-order valence-corrected chi connectivity index (χ0v) is 15.0. The summed E-state index contributed by atoms with van der Waals surface area (Å²) < 4.78 is 34.6. The standard InChI is InChI=1S/C18H21NO5S/c1-23-15-8-10-17(11-9-15)25(21,22)12-4-7-18(20)19-14-5-3-6-16(13-14)24-2/h3,5-6,8-11,13H,4,7,12H2,1-2H3,(H,19,20). The van der Waals surface area contributed by atoms with Crippen LogP contribution in [0.3, 0.4) is 0 Å². The van der Waals surface area contributed by atoms with E-state index >= 15 is 0 Å². The number of rotatable bonds is 8. The maximum absolute atomic E-state index is 12.3. The van der Waals surface area contributed by atoms with Crippen molar-refractivity contribution < 1.29 is 22.7 Å². The van der Waals surface area contributed by atoms with E-state index in [2.05, 4.69) is 5.32 Å². The monoisotopic (exact) mass is 363 g/mol. The van der Waals surface area contributed by atoms with E-state index in [9.17, 15) is 13.2 Å². The van der Waals surface area contributed by atoms with Crippen molar-refractivity contribution >= 4 is 21.4 Å². The molecule has 0 fully saturated rings. The molecule has 0 aliphatic rings. The second-order valence-corrected chi connectivity index (χ2v) is 7.49. The molecule has 0 radical (unpaired) electrons. The van der Waals surface area contributed by atoms with Crippen LogP contribution in [-0.4, -0.2) is 34.3 Å². The lowest BCUT2D eigenvalue weighted by atomic mass is 10.2. The summed E-state index contributed by atoms with van der Waals surface area (Å²) in [7, 11) is -0.355. The number of amides is 1. The minimum atomic E-state index is -3.42. The first-order chi connectivity index (χ1) is 11.9. The van der Waals surface area contributed by atoms with E-state index in [1.807, 2.05) is 0 Å². The quantitative estimate of drug-likeness (QED) is 0.780. The minimum absolute atomic E-state index is 0.0924. The zero-order valence-electron chi connectivity index (χ0n) is 14.2. The molecule has 0 aromatic heterocycles. The van der Waals surface area contributed by atoms with Gasteiger partial charge < -0.3 is 14.8 Å². The largest absolute Gasteiger partial charge is 0.497 e. The van der Waals surface area contributed by atoms with Gasteiger partial charge in [0.05, 0.1) is 24.9 Å². The van der Waals surface area contributed by atoms with Gasteiger partial charge in [0.15, 0.2) is 9.84 Å². The molecule has 0 unspecified atom stereocenters. The first kappa shape index (κ1) is 18.8. The summed E-state index contributed by atoms with van der Waals surface area (Å²) in [6.07, 6.45) is 0.358. The van der Waals surface area contributed by atoms with Crippen LogP contribution >= 0.6 is 0 Å². The molecule has 0 saturated carbocycles. The predicted octanol–water partition coefficient (Wildman–Crippen LogP) is 2.90. The average Bonchev–Trinajstić information content (AvgIpc) is 2.61. The van der Waals surface area contributed by atoms with Gasteiger partial charge >= 0.3 is 0 Å². The van der Waals surface area contributed by atoms with Crippen LogP contribution in [0, 0.1) is 0 Å². The van der Waals surface area contributed by atoms with Crippen molar-refractivity contribution in [1.29, 1.82) is 0 Å². The van der Waals surface area contributed by atoms with Crippen LogP contribution in [0.2, 0.25) is 0 Å². The topological polar surface area (TPSA) is 81.7 Å². The van der Waals surface area contributed by atoms with Crippen molar-refractivity contribution in [3.05, 3.63) is 48.5 Å². The van der Waals surface area contributed by atoms with Gasteiger partial charge in [0, 0.05) is 18.2 Å². The Morgan fingerprint density at radius 3 is 2.32 bits per heavy atom. The maximum Gasteiger partial charge on any atom is 0.224 e. The fourth-order valence-corrected chi connectivity index (χ4v) is 3.56. The second-order valence-electron chi connectivity index (χ2n) is 5.38. The first-order valence-corrected chi connectivity index (χ1v) is 9.40. The molecular formula is C18H21NO5S. The van der Waals surface area contributed by atoms with Crippen molar-refractivity contribution in [3.8, 4) is 11.5 Å². The fourth-order valence-electron chi connectivity index (χ4n) is 2.25. The number of methoxy groups -OCH3 is 2. The summed E-state index contributed by atoms with van der Waals surface area (Å²) in [5.41, 5.74) is 0.613. The van der Waals surface area contributed by atoms with Crippen molar-refractivity contribution in [2.24, 2.45) is 0 Å². The van der Waals surface area contributed by atoms with Gasteiger partial charge in [-0.05, 0) is 42.8 Å². The Bertz CT molecular complexity index is 816. The van der Waals surface area contributed by atoms with E-state index in [4.69, 9.17) is 9.47 Å². The second kappa shape index (κ2) is 8.53. The fraction of sp³-hybridized carbons (Fsp3) is 0.278. The van der Waals surface area contributed by atoms with Crippen LogP contribution in [-0.2, 0) is 14.6 Å². The molecule has 2 aromatic rings. The van der Waals surface area contributed by atoms with Crippen LogP contribution in [0.25, 0.3) is 0 Å². The molecule has 6 nitrogen and oxygen atoms in total. The van der Waals surface area contributed by atoms with E-state index < -0.39 is 9.84 Å². The van der Waals surface area contributed by atoms with Crippen LogP contribution in [0.4, 0.5) is 5.69 Å². The molecule has 0 saturated heterocycles. The Hall–Kier alpha value is -2.54. The van der Waals surface area contributed by atoms with Crippen molar-refractivity contribution in [2.45, 2.75) is 17.7 Å². The Morgan fingerprint density at radius 1 is 1.00 bits per heavy atom. The number of hydrogen-bond donors (Lipinski definition) is 1. The minimum Gasteiger partial charge on any atom is -0.497 e. The molecular weight excluding hydrogens is 342 g/mol. The number of carbonyl (C=O) groups is 1. The SMILES string of the molecule is COc1ccc(S(=O)(=O)CCCC(=O)Nc2cccc(OC)c2)cc1. The molecule has 134 valence electrons. The Kier molecular flexibility index (Phi) is 6.41. The molecule has 1 amide bonds. The number of hydrogen-bond acceptors (Lipinski definition) is 5. The normalized spacial score (nSPS) is 11.0. The Morgan fingerprint density at radius 2 is 1.68 bits per heavy atom. The van der Waals surface area contributed by atoms with Crippen molar-refractivity contribution in [3.63, 3.8) is 0 Å². The molecule has 0 atom stereocenters. The highest BCUT2D eigenvalue weighted by Crippen LogP contribution is 2.19. The highest BCUT2D eigenvalue weighted by Gasteiger charge is 2.15. The average molecular weight is 363 g/mol. The van der Waals surface area contributed by atoms with Gasteiger partial charge in [-0.3, -0.25) is 4.79 Å². The lowest BCUT2D eigenvalue weighted by Crippen LogP contribution is -2.14. The number of anilines is 1. The summed E-state index contributed by atoms with van der Waals surface area (Å²) in [4.78, 5) is 12.2. The van der Waals surface area contributed by atoms with Gasteiger partial charge in [-0.25, -0.2) is 8.42 Å². The molecule has 0 aliphatic carbocycles. The van der Waals surface area contributed by atoms with Crippen molar-refractivity contribution in [2.75, 3.05) is 25.3 Å². The molecule has 7 heteroatoms. The molecule has 0 spiro atoms. The third kappa shape index (κ3) is 5.49. The van der Waals surface area contributed by atoms with E-state index in [0.717, 1.165) is 0 Å². The zero-order chi connectivity index (χ0) is 18.3. The van der Waals surface area contributed by atoms with Gasteiger partial charge in [0.2, 0.25) is 5.91 Å².